The molecule has 1 aromatic carbocycles. The van der Waals surface area contributed by atoms with Crippen LogP contribution in [0.1, 0.15) is 44.2 Å². The zero-order valence-electron chi connectivity index (χ0n) is 11.5. The van der Waals surface area contributed by atoms with Crippen molar-refractivity contribution in [1.82, 2.24) is 10.2 Å². The highest BCUT2D eigenvalue weighted by Gasteiger charge is 2.41. The van der Waals surface area contributed by atoms with E-state index in [4.69, 9.17) is 0 Å². The minimum atomic E-state index is -0.142. The van der Waals surface area contributed by atoms with E-state index in [1.54, 1.807) is 0 Å². The van der Waals surface area contributed by atoms with Gasteiger partial charge >= 0.3 is 0 Å². The lowest BCUT2D eigenvalue weighted by atomic mass is 10.1. The molecule has 3 rings (SSSR count). The van der Waals surface area contributed by atoms with Crippen molar-refractivity contribution < 1.29 is 4.79 Å². The Morgan fingerprint density at radius 3 is 2.63 bits per heavy atom. The second-order valence-electron chi connectivity index (χ2n) is 5.75. The van der Waals surface area contributed by atoms with Gasteiger partial charge < -0.3 is 4.90 Å². The molecule has 2 aliphatic rings. The molecule has 1 heterocycles. The standard InChI is InChI=1S/C16H22N2O/c1-2-6-14-17-15(13-7-4-3-5-8-13)16(19)18(14)11-12-9-10-12/h3-5,7-8,12,14-15,17H,2,6,9-11H2,1H3. The van der Waals surface area contributed by atoms with E-state index >= 15 is 0 Å². The van der Waals surface area contributed by atoms with Crippen LogP contribution in [-0.4, -0.2) is 23.5 Å². The van der Waals surface area contributed by atoms with E-state index in [1.165, 1.54) is 12.8 Å². The lowest BCUT2D eigenvalue weighted by Gasteiger charge is -2.23. The van der Waals surface area contributed by atoms with Crippen molar-refractivity contribution in [3.8, 4) is 0 Å². The first kappa shape index (κ1) is 12.7. The van der Waals surface area contributed by atoms with Crippen LogP contribution in [-0.2, 0) is 4.79 Å². The second kappa shape index (κ2) is 5.33. The predicted molar refractivity (Wildman–Crippen MR) is 75.5 cm³/mol. The molecule has 0 aromatic heterocycles. The summed E-state index contributed by atoms with van der Waals surface area (Å²) < 4.78 is 0. The summed E-state index contributed by atoms with van der Waals surface area (Å²) in [6.45, 7) is 3.12. The second-order valence-corrected chi connectivity index (χ2v) is 5.75. The van der Waals surface area contributed by atoms with Crippen LogP contribution < -0.4 is 5.32 Å². The van der Waals surface area contributed by atoms with Crippen molar-refractivity contribution >= 4 is 5.91 Å². The zero-order chi connectivity index (χ0) is 13.2. The van der Waals surface area contributed by atoms with E-state index in [1.807, 2.05) is 30.3 Å². The molecule has 0 spiro atoms. The summed E-state index contributed by atoms with van der Waals surface area (Å²) in [5.41, 5.74) is 1.09. The van der Waals surface area contributed by atoms with Crippen LogP contribution in [0.15, 0.2) is 30.3 Å². The van der Waals surface area contributed by atoms with E-state index in [-0.39, 0.29) is 18.1 Å². The minimum Gasteiger partial charge on any atom is -0.325 e. The summed E-state index contributed by atoms with van der Waals surface area (Å²) in [4.78, 5) is 14.7. The number of rotatable bonds is 5. The average molecular weight is 258 g/mol. The Hall–Kier alpha value is -1.35. The highest BCUT2D eigenvalue weighted by Crippen LogP contribution is 2.34. The van der Waals surface area contributed by atoms with Gasteiger partial charge in [0.05, 0.1) is 6.17 Å². The largest absolute Gasteiger partial charge is 0.325 e. The van der Waals surface area contributed by atoms with E-state index in [9.17, 15) is 4.79 Å². The normalized spacial score (nSPS) is 27.0. The van der Waals surface area contributed by atoms with Gasteiger partial charge in [-0.15, -0.1) is 0 Å². The topological polar surface area (TPSA) is 32.3 Å². The molecule has 1 aliphatic carbocycles. The number of carbonyl (C=O) groups is 1. The maximum atomic E-state index is 12.6. The summed E-state index contributed by atoms with van der Waals surface area (Å²) in [5, 5.41) is 3.52. The van der Waals surface area contributed by atoms with Gasteiger partial charge in [-0.3, -0.25) is 10.1 Å². The lowest BCUT2D eigenvalue weighted by Crippen LogP contribution is -2.38. The third kappa shape index (κ3) is 2.66. The Morgan fingerprint density at radius 2 is 2.00 bits per heavy atom. The molecule has 0 radical (unpaired) electrons. The van der Waals surface area contributed by atoms with Gasteiger partial charge in [-0.1, -0.05) is 43.7 Å². The summed E-state index contributed by atoms with van der Waals surface area (Å²) in [5.74, 6) is 1.01. The molecule has 1 saturated carbocycles. The Bertz CT molecular complexity index is 441. The maximum Gasteiger partial charge on any atom is 0.245 e. The average Bonchev–Trinajstić information content (AvgIpc) is 3.20. The number of benzene rings is 1. The van der Waals surface area contributed by atoms with Gasteiger partial charge in [0, 0.05) is 6.54 Å². The Morgan fingerprint density at radius 1 is 1.26 bits per heavy atom. The third-order valence-electron chi connectivity index (χ3n) is 4.11. The number of nitrogens with one attached hydrogen (secondary N) is 1. The molecule has 2 atom stereocenters. The molecule has 1 saturated heterocycles. The Kier molecular flexibility index (Phi) is 3.56. The summed E-state index contributed by atoms with van der Waals surface area (Å²) >= 11 is 0. The molecular weight excluding hydrogens is 236 g/mol. The minimum absolute atomic E-state index is 0.142. The van der Waals surface area contributed by atoms with Crippen molar-refractivity contribution in [2.24, 2.45) is 5.92 Å². The van der Waals surface area contributed by atoms with Crippen LogP contribution in [0.2, 0.25) is 0 Å². The van der Waals surface area contributed by atoms with Gasteiger partial charge in [-0.05, 0) is 30.7 Å². The van der Waals surface area contributed by atoms with Crippen molar-refractivity contribution in [2.75, 3.05) is 6.54 Å². The first-order chi connectivity index (χ1) is 9.29. The molecule has 3 heteroatoms. The van der Waals surface area contributed by atoms with Crippen LogP contribution in [0.4, 0.5) is 0 Å². The number of carbonyl (C=O) groups excluding carboxylic acids is 1. The molecule has 102 valence electrons. The smallest absolute Gasteiger partial charge is 0.245 e. The quantitative estimate of drug-likeness (QED) is 0.880. The van der Waals surface area contributed by atoms with Crippen LogP contribution in [0.5, 0.6) is 0 Å². The van der Waals surface area contributed by atoms with Crippen LogP contribution in [0, 0.1) is 5.92 Å². The Balaban J connectivity index is 1.77. The fraction of sp³-hybridized carbons (Fsp3) is 0.562. The summed E-state index contributed by atoms with van der Waals surface area (Å²) in [7, 11) is 0. The van der Waals surface area contributed by atoms with Gasteiger partial charge in [-0.2, -0.15) is 0 Å². The van der Waals surface area contributed by atoms with Crippen molar-refractivity contribution in [3.63, 3.8) is 0 Å². The summed E-state index contributed by atoms with van der Waals surface area (Å²) in [6.07, 6.45) is 4.95. The van der Waals surface area contributed by atoms with Crippen LogP contribution >= 0.6 is 0 Å². The molecule has 3 nitrogen and oxygen atoms in total. The van der Waals surface area contributed by atoms with Crippen LogP contribution in [0.25, 0.3) is 0 Å². The van der Waals surface area contributed by atoms with E-state index in [0.29, 0.717) is 0 Å². The first-order valence-electron chi connectivity index (χ1n) is 7.41. The molecule has 1 N–H and O–H groups in total. The number of hydrogen-bond acceptors (Lipinski definition) is 2. The van der Waals surface area contributed by atoms with Crippen molar-refractivity contribution in [2.45, 2.75) is 44.8 Å². The molecule has 1 aliphatic heterocycles. The van der Waals surface area contributed by atoms with E-state index in [0.717, 1.165) is 30.9 Å². The van der Waals surface area contributed by atoms with Gasteiger partial charge in [0.2, 0.25) is 5.91 Å². The SMILES string of the molecule is CCCC1NC(c2ccccc2)C(=O)N1CC1CC1. The van der Waals surface area contributed by atoms with Gasteiger partial charge in [0.1, 0.15) is 6.04 Å². The highest BCUT2D eigenvalue weighted by atomic mass is 16.2. The molecular formula is C16H22N2O. The fourth-order valence-corrected chi connectivity index (χ4v) is 2.87. The number of hydrogen-bond donors (Lipinski definition) is 1. The lowest BCUT2D eigenvalue weighted by molar-refractivity contribution is -0.130. The molecule has 1 aromatic rings. The highest BCUT2D eigenvalue weighted by molar-refractivity contribution is 5.85. The monoisotopic (exact) mass is 258 g/mol. The van der Waals surface area contributed by atoms with E-state index in [2.05, 4.69) is 17.1 Å². The van der Waals surface area contributed by atoms with E-state index < -0.39 is 0 Å². The molecule has 2 unspecified atom stereocenters. The van der Waals surface area contributed by atoms with Crippen molar-refractivity contribution in [3.05, 3.63) is 35.9 Å². The predicted octanol–water partition coefficient (Wildman–Crippen LogP) is 2.70. The molecule has 2 fully saturated rings. The molecule has 1 amide bonds. The number of nitrogens with zero attached hydrogens (tertiary/aromatic N) is 1. The van der Waals surface area contributed by atoms with Crippen molar-refractivity contribution in [1.29, 1.82) is 0 Å². The van der Waals surface area contributed by atoms with Gasteiger partial charge in [0.15, 0.2) is 0 Å². The first-order valence-corrected chi connectivity index (χ1v) is 7.41. The molecule has 19 heavy (non-hydrogen) atoms. The zero-order valence-corrected chi connectivity index (χ0v) is 11.5. The van der Waals surface area contributed by atoms with Gasteiger partial charge in [0.25, 0.3) is 0 Å². The maximum absolute atomic E-state index is 12.6. The summed E-state index contributed by atoms with van der Waals surface area (Å²) in [6, 6.07) is 9.94. The van der Waals surface area contributed by atoms with Crippen LogP contribution in [0.3, 0.4) is 0 Å². The third-order valence-corrected chi connectivity index (χ3v) is 4.11. The van der Waals surface area contributed by atoms with Gasteiger partial charge in [-0.25, -0.2) is 0 Å². The fourth-order valence-electron chi connectivity index (χ4n) is 2.87. The molecule has 0 bridgehead atoms. The number of amides is 1. The Labute approximate surface area is 115 Å².